The van der Waals surface area contributed by atoms with Crippen LogP contribution in [0.3, 0.4) is 0 Å². The van der Waals surface area contributed by atoms with E-state index in [1.807, 2.05) is 45.0 Å². The Balaban J connectivity index is 1.83. The summed E-state index contributed by atoms with van der Waals surface area (Å²) in [7, 11) is 0. The van der Waals surface area contributed by atoms with Gasteiger partial charge in [0.15, 0.2) is 5.16 Å². The molecule has 2 aromatic heterocycles. The normalized spacial score (nSPS) is 11.4. The largest absolute Gasteiger partial charge is 0.353 e. The van der Waals surface area contributed by atoms with Gasteiger partial charge in [0.1, 0.15) is 5.52 Å². The fourth-order valence-corrected chi connectivity index (χ4v) is 3.84. The van der Waals surface area contributed by atoms with Crippen LogP contribution in [-0.2, 0) is 11.3 Å². The van der Waals surface area contributed by atoms with Gasteiger partial charge in [0.05, 0.1) is 11.3 Å². The van der Waals surface area contributed by atoms with Crippen molar-refractivity contribution in [2.24, 2.45) is 5.92 Å². The standard InChI is InChI=1S/C21H26N4O2S/c1-12(2)10-25-20(27)19-17(9-15(5)22-19)24-21(25)28-11-18(26)23-16-8-13(3)6-7-14(16)4/h6-9,12,22H,10-11H2,1-5H3,(H,23,26). The van der Waals surface area contributed by atoms with Gasteiger partial charge in [-0.3, -0.25) is 14.2 Å². The molecule has 0 spiro atoms. The van der Waals surface area contributed by atoms with Gasteiger partial charge in [0, 0.05) is 17.9 Å². The molecule has 0 aliphatic carbocycles. The Kier molecular flexibility index (Phi) is 5.93. The predicted octanol–water partition coefficient (Wildman–Crippen LogP) is 4.04. The summed E-state index contributed by atoms with van der Waals surface area (Å²) in [6.07, 6.45) is 0. The molecule has 6 nitrogen and oxygen atoms in total. The third kappa shape index (κ3) is 4.47. The number of hydrogen-bond acceptors (Lipinski definition) is 4. The smallest absolute Gasteiger partial charge is 0.278 e. The molecule has 1 amide bonds. The molecule has 3 rings (SSSR count). The van der Waals surface area contributed by atoms with Crippen molar-refractivity contribution < 1.29 is 4.79 Å². The van der Waals surface area contributed by atoms with E-state index in [0.717, 1.165) is 22.5 Å². The number of aromatic nitrogens is 3. The molecular formula is C21H26N4O2S. The van der Waals surface area contributed by atoms with Crippen LogP contribution in [0.25, 0.3) is 11.0 Å². The van der Waals surface area contributed by atoms with Crippen LogP contribution in [0.2, 0.25) is 0 Å². The highest BCUT2D eigenvalue weighted by molar-refractivity contribution is 7.99. The number of hydrogen-bond donors (Lipinski definition) is 2. The number of H-pyrrole nitrogens is 1. The Hall–Kier alpha value is -2.54. The van der Waals surface area contributed by atoms with Crippen LogP contribution in [0, 0.1) is 26.7 Å². The van der Waals surface area contributed by atoms with E-state index in [9.17, 15) is 9.59 Å². The minimum Gasteiger partial charge on any atom is -0.353 e. The van der Waals surface area contributed by atoms with Gasteiger partial charge in [0.2, 0.25) is 5.91 Å². The van der Waals surface area contributed by atoms with Crippen molar-refractivity contribution >= 4 is 34.4 Å². The van der Waals surface area contributed by atoms with Crippen molar-refractivity contribution in [1.82, 2.24) is 14.5 Å². The number of fused-ring (bicyclic) bond motifs is 1. The Morgan fingerprint density at radius 2 is 2.00 bits per heavy atom. The number of carbonyl (C=O) groups excluding carboxylic acids is 1. The van der Waals surface area contributed by atoms with E-state index < -0.39 is 0 Å². The number of rotatable bonds is 6. The highest BCUT2D eigenvalue weighted by atomic mass is 32.2. The summed E-state index contributed by atoms with van der Waals surface area (Å²) in [6, 6.07) is 7.82. The van der Waals surface area contributed by atoms with Crippen LogP contribution >= 0.6 is 11.8 Å². The van der Waals surface area contributed by atoms with E-state index in [1.165, 1.54) is 11.8 Å². The van der Waals surface area contributed by atoms with Gasteiger partial charge in [-0.15, -0.1) is 0 Å². The zero-order valence-electron chi connectivity index (χ0n) is 16.9. The van der Waals surface area contributed by atoms with Crippen molar-refractivity contribution in [2.45, 2.75) is 46.3 Å². The topological polar surface area (TPSA) is 79.8 Å². The third-order valence-electron chi connectivity index (χ3n) is 4.38. The van der Waals surface area contributed by atoms with Gasteiger partial charge >= 0.3 is 0 Å². The molecule has 0 fully saturated rings. The quantitative estimate of drug-likeness (QED) is 0.485. The first-order chi connectivity index (χ1) is 13.2. The maximum Gasteiger partial charge on any atom is 0.278 e. The lowest BCUT2D eigenvalue weighted by atomic mass is 10.1. The van der Waals surface area contributed by atoms with Crippen LogP contribution in [0.15, 0.2) is 34.2 Å². The van der Waals surface area contributed by atoms with E-state index in [4.69, 9.17) is 0 Å². The molecule has 1 aromatic carbocycles. The number of nitrogens with zero attached hydrogens (tertiary/aromatic N) is 2. The van der Waals surface area contributed by atoms with Gasteiger partial charge < -0.3 is 10.3 Å². The average Bonchev–Trinajstić information content (AvgIpc) is 2.99. The second-order valence-corrected chi connectivity index (χ2v) is 8.51. The molecule has 0 saturated carbocycles. The second-order valence-electron chi connectivity index (χ2n) is 7.57. The third-order valence-corrected chi connectivity index (χ3v) is 5.36. The van der Waals surface area contributed by atoms with E-state index in [-0.39, 0.29) is 23.1 Å². The zero-order chi connectivity index (χ0) is 20.4. The summed E-state index contributed by atoms with van der Waals surface area (Å²) in [6.45, 7) is 10.5. The van der Waals surface area contributed by atoms with Gasteiger partial charge in [-0.1, -0.05) is 37.7 Å². The van der Waals surface area contributed by atoms with Gasteiger partial charge in [-0.25, -0.2) is 4.98 Å². The number of aromatic amines is 1. The summed E-state index contributed by atoms with van der Waals surface area (Å²) in [4.78, 5) is 33.1. The molecule has 2 heterocycles. The number of anilines is 1. The molecule has 7 heteroatoms. The van der Waals surface area contributed by atoms with Gasteiger partial charge in [0.25, 0.3) is 5.56 Å². The van der Waals surface area contributed by atoms with Crippen molar-refractivity contribution in [2.75, 3.05) is 11.1 Å². The summed E-state index contributed by atoms with van der Waals surface area (Å²) in [5.74, 6) is 0.359. The van der Waals surface area contributed by atoms with Crippen molar-refractivity contribution in [1.29, 1.82) is 0 Å². The molecule has 0 aliphatic rings. The van der Waals surface area contributed by atoms with Crippen LogP contribution < -0.4 is 10.9 Å². The summed E-state index contributed by atoms with van der Waals surface area (Å²) in [5, 5.41) is 3.53. The fraction of sp³-hybridized carbons (Fsp3) is 0.381. The van der Waals surface area contributed by atoms with Gasteiger partial charge in [-0.2, -0.15) is 0 Å². The number of aryl methyl sites for hydroxylation is 3. The van der Waals surface area contributed by atoms with E-state index in [0.29, 0.717) is 22.7 Å². The molecule has 0 bridgehead atoms. The first-order valence-corrected chi connectivity index (χ1v) is 10.3. The maximum atomic E-state index is 12.9. The van der Waals surface area contributed by atoms with Gasteiger partial charge in [-0.05, 0) is 49.9 Å². The summed E-state index contributed by atoms with van der Waals surface area (Å²) >= 11 is 1.29. The number of carbonyl (C=O) groups is 1. The van der Waals surface area contributed by atoms with Crippen molar-refractivity contribution in [3.8, 4) is 0 Å². The number of nitrogens with one attached hydrogen (secondary N) is 2. The predicted molar refractivity (Wildman–Crippen MR) is 115 cm³/mol. The van der Waals surface area contributed by atoms with E-state index in [2.05, 4.69) is 29.1 Å². The van der Waals surface area contributed by atoms with Crippen LogP contribution in [0.4, 0.5) is 5.69 Å². The zero-order valence-corrected chi connectivity index (χ0v) is 17.7. The average molecular weight is 399 g/mol. The summed E-state index contributed by atoms with van der Waals surface area (Å²) < 4.78 is 1.67. The molecule has 3 aromatic rings. The monoisotopic (exact) mass is 398 g/mol. The molecule has 0 radical (unpaired) electrons. The number of benzene rings is 1. The Morgan fingerprint density at radius 3 is 2.71 bits per heavy atom. The SMILES string of the molecule is Cc1ccc(C)c(NC(=O)CSc2nc3cc(C)[nH]c3c(=O)n2CC(C)C)c1. The molecule has 148 valence electrons. The second kappa shape index (κ2) is 8.22. The molecule has 0 atom stereocenters. The van der Waals surface area contributed by atoms with E-state index in [1.54, 1.807) is 4.57 Å². The fourth-order valence-electron chi connectivity index (χ4n) is 3.03. The first-order valence-electron chi connectivity index (χ1n) is 9.34. The molecule has 0 unspecified atom stereocenters. The minimum atomic E-state index is -0.116. The summed E-state index contributed by atoms with van der Waals surface area (Å²) in [5.41, 5.74) is 4.88. The Bertz CT molecular complexity index is 1080. The van der Waals surface area contributed by atoms with Crippen LogP contribution in [0.1, 0.15) is 30.7 Å². The van der Waals surface area contributed by atoms with Crippen LogP contribution in [0.5, 0.6) is 0 Å². The number of amides is 1. The highest BCUT2D eigenvalue weighted by Crippen LogP contribution is 2.21. The molecule has 28 heavy (non-hydrogen) atoms. The van der Waals surface area contributed by atoms with Crippen LogP contribution in [-0.4, -0.2) is 26.2 Å². The lowest BCUT2D eigenvalue weighted by Crippen LogP contribution is -2.26. The van der Waals surface area contributed by atoms with E-state index >= 15 is 0 Å². The maximum absolute atomic E-state index is 12.9. The Morgan fingerprint density at radius 1 is 1.25 bits per heavy atom. The lowest BCUT2D eigenvalue weighted by Gasteiger charge is -2.14. The highest BCUT2D eigenvalue weighted by Gasteiger charge is 2.16. The molecule has 0 aliphatic heterocycles. The minimum absolute atomic E-state index is 0.0933. The molecule has 0 saturated heterocycles. The number of thioether (sulfide) groups is 1. The Labute approximate surface area is 168 Å². The molecular weight excluding hydrogens is 372 g/mol. The lowest BCUT2D eigenvalue weighted by molar-refractivity contribution is -0.113. The van der Waals surface area contributed by atoms with Crippen molar-refractivity contribution in [3.05, 3.63) is 51.4 Å². The van der Waals surface area contributed by atoms with Crippen molar-refractivity contribution in [3.63, 3.8) is 0 Å². The molecule has 2 N–H and O–H groups in total. The first kappa shape index (κ1) is 20.2.